The Morgan fingerprint density at radius 2 is 2.12 bits per heavy atom. The molecule has 10 heteroatoms. The molecule has 1 heterocycles. The number of amides is 3. The van der Waals surface area contributed by atoms with Crippen LogP contribution in [-0.4, -0.2) is 59.8 Å². The highest BCUT2D eigenvalue weighted by atomic mass is 35.5. The summed E-state index contributed by atoms with van der Waals surface area (Å²) in [5, 5.41) is 10.2. The van der Waals surface area contributed by atoms with Crippen molar-refractivity contribution in [3.05, 3.63) is 0 Å². The Kier molecular flexibility index (Phi) is 3.81. The molecule has 0 aromatic carbocycles. The molecule has 0 aliphatic carbocycles. The Hall–Kier alpha value is -1.22. The minimum atomic E-state index is -3.81. The fraction of sp³-hybridized carbons (Fsp3) is 0.667. The maximum Gasteiger partial charge on any atom is 0.404 e. The van der Waals surface area contributed by atoms with E-state index in [0.29, 0.717) is 4.31 Å². The highest BCUT2D eigenvalue weighted by Crippen LogP contribution is 2.15. The average Bonchev–Trinajstić information content (AvgIpc) is 2.47. The SMILES string of the molecule is O=C(O)NCCS(=O)(=O)N1CCN(Cl)C1=O. The van der Waals surface area contributed by atoms with E-state index < -0.39 is 27.9 Å². The molecule has 3 amide bonds. The van der Waals surface area contributed by atoms with Gasteiger partial charge in [0.05, 0.1) is 18.8 Å². The molecule has 0 spiro atoms. The Bertz CT molecular complexity index is 397. The molecule has 1 aliphatic rings. The third-order valence-electron chi connectivity index (χ3n) is 1.89. The van der Waals surface area contributed by atoms with Gasteiger partial charge in [0.15, 0.2) is 0 Å². The molecule has 0 bridgehead atoms. The van der Waals surface area contributed by atoms with Crippen LogP contribution in [-0.2, 0) is 10.0 Å². The Morgan fingerprint density at radius 3 is 2.56 bits per heavy atom. The summed E-state index contributed by atoms with van der Waals surface area (Å²) in [5.41, 5.74) is 0. The lowest BCUT2D eigenvalue weighted by molar-refractivity contribution is 0.195. The van der Waals surface area contributed by atoms with Crippen LogP contribution in [0.3, 0.4) is 0 Å². The number of carboxylic acid groups (broad SMARTS) is 1. The van der Waals surface area contributed by atoms with Crippen LogP contribution < -0.4 is 5.32 Å². The second-order valence-electron chi connectivity index (χ2n) is 2.99. The zero-order valence-electron chi connectivity index (χ0n) is 8.09. The molecule has 1 saturated heterocycles. The Morgan fingerprint density at radius 1 is 1.50 bits per heavy atom. The number of hydrogen-bond donors (Lipinski definition) is 2. The van der Waals surface area contributed by atoms with E-state index in [0.717, 1.165) is 4.42 Å². The minimum absolute atomic E-state index is 0.0161. The second-order valence-corrected chi connectivity index (χ2v) is 5.41. The molecule has 1 aliphatic heterocycles. The number of halogens is 1. The first-order valence-corrected chi connectivity index (χ1v) is 6.24. The molecule has 0 radical (unpaired) electrons. The quantitative estimate of drug-likeness (QED) is 0.669. The molecule has 1 fully saturated rings. The number of carbonyl (C=O) groups excluding carboxylic acids is 1. The lowest BCUT2D eigenvalue weighted by atomic mass is 10.7. The number of sulfonamides is 1. The molecule has 92 valence electrons. The first kappa shape index (κ1) is 12.8. The molecule has 0 aromatic rings. The number of rotatable bonds is 4. The van der Waals surface area contributed by atoms with Crippen molar-refractivity contribution in [2.75, 3.05) is 25.4 Å². The molecular weight excluding hydrogens is 262 g/mol. The van der Waals surface area contributed by atoms with E-state index in [2.05, 4.69) is 0 Å². The normalized spacial score (nSPS) is 16.7. The van der Waals surface area contributed by atoms with Gasteiger partial charge >= 0.3 is 12.1 Å². The Balaban J connectivity index is 2.58. The maximum atomic E-state index is 11.6. The van der Waals surface area contributed by atoms with Gasteiger partial charge in [-0.3, -0.25) is 0 Å². The summed E-state index contributed by atoms with van der Waals surface area (Å²) in [4.78, 5) is 21.4. The molecule has 0 saturated carbocycles. The first-order chi connectivity index (χ1) is 7.34. The summed E-state index contributed by atoms with van der Waals surface area (Å²) in [5.74, 6) is -0.476. The van der Waals surface area contributed by atoms with E-state index in [4.69, 9.17) is 16.9 Å². The average molecular weight is 272 g/mol. The lowest BCUT2D eigenvalue weighted by Gasteiger charge is -2.15. The summed E-state index contributed by atoms with van der Waals surface area (Å²) < 4.78 is 24.5. The fourth-order valence-corrected chi connectivity index (χ4v) is 2.63. The zero-order valence-corrected chi connectivity index (χ0v) is 9.66. The maximum absolute atomic E-state index is 11.6. The van der Waals surface area contributed by atoms with Crippen molar-refractivity contribution < 1.29 is 23.1 Å². The highest BCUT2D eigenvalue weighted by Gasteiger charge is 2.36. The van der Waals surface area contributed by atoms with Gasteiger partial charge in [-0.05, 0) is 0 Å². The predicted octanol–water partition coefficient (Wildman–Crippen LogP) is -0.525. The van der Waals surface area contributed by atoms with Crippen LogP contribution in [0, 0.1) is 0 Å². The number of urea groups is 1. The second kappa shape index (κ2) is 4.74. The van der Waals surface area contributed by atoms with Crippen molar-refractivity contribution in [1.82, 2.24) is 14.0 Å². The molecule has 0 atom stereocenters. The van der Waals surface area contributed by atoms with Gasteiger partial charge in [-0.2, -0.15) is 0 Å². The Labute approximate surface area is 96.9 Å². The van der Waals surface area contributed by atoms with Crippen LogP contribution in [0.2, 0.25) is 0 Å². The number of nitrogens with zero attached hydrogens (tertiary/aromatic N) is 2. The first-order valence-electron chi connectivity index (χ1n) is 4.29. The van der Waals surface area contributed by atoms with Gasteiger partial charge in [0, 0.05) is 18.3 Å². The molecule has 16 heavy (non-hydrogen) atoms. The van der Waals surface area contributed by atoms with Gasteiger partial charge in [0.25, 0.3) is 0 Å². The summed E-state index contributed by atoms with van der Waals surface area (Å²) in [7, 11) is -3.81. The summed E-state index contributed by atoms with van der Waals surface area (Å²) >= 11 is 5.42. The number of carbonyl (C=O) groups is 2. The lowest BCUT2D eigenvalue weighted by Crippen LogP contribution is -2.39. The van der Waals surface area contributed by atoms with Crippen molar-refractivity contribution >= 4 is 33.9 Å². The summed E-state index contributed by atoms with van der Waals surface area (Å²) in [6.07, 6.45) is -1.32. The third kappa shape index (κ3) is 2.89. The van der Waals surface area contributed by atoms with Crippen molar-refractivity contribution in [2.45, 2.75) is 0 Å². The monoisotopic (exact) mass is 271 g/mol. The van der Waals surface area contributed by atoms with E-state index in [1.165, 1.54) is 0 Å². The molecular formula is C6H10ClN3O5S. The fourth-order valence-electron chi connectivity index (χ4n) is 1.15. The summed E-state index contributed by atoms with van der Waals surface area (Å²) in [6.45, 7) is -0.173. The van der Waals surface area contributed by atoms with E-state index in [9.17, 15) is 18.0 Å². The van der Waals surface area contributed by atoms with Crippen molar-refractivity contribution in [1.29, 1.82) is 0 Å². The van der Waals surface area contributed by atoms with E-state index in [-0.39, 0.29) is 19.6 Å². The zero-order chi connectivity index (χ0) is 12.3. The van der Waals surface area contributed by atoms with Crippen molar-refractivity contribution in [3.8, 4) is 0 Å². The van der Waals surface area contributed by atoms with Gasteiger partial charge in [0.1, 0.15) is 0 Å². The molecule has 8 nitrogen and oxygen atoms in total. The molecule has 0 aromatic heterocycles. The van der Waals surface area contributed by atoms with Gasteiger partial charge in [-0.15, -0.1) is 0 Å². The molecule has 0 unspecified atom stereocenters. The minimum Gasteiger partial charge on any atom is -0.465 e. The summed E-state index contributed by atoms with van der Waals surface area (Å²) in [6, 6.07) is -0.808. The number of nitrogens with one attached hydrogen (secondary N) is 1. The van der Waals surface area contributed by atoms with E-state index >= 15 is 0 Å². The van der Waals surface area contributed by atoms with E-state index in [1.807, 2.05) is 5.32 Å². The van der Waals surface area contributed by atoms with Gasteiger partial charge in [-0.1, -0.05) is 0 Å². The van der Waals surface area contributed by atoms with Crippen LogP contribution >= 0.6 is 11.8 Å². The van der Waals surface area contributed by atoms with Crippen molar-refractivity contribution in [2.24, 2.45) is 0 Å². The van der Waals surface area contributed by atoms with Crippen LogP contribution in [0.25, 0.3) is 0 Å². The van der Waals surface area contributed by atoms with Gasteiger partial charge < -0.3 is 10.4 Å². The van der Waals surface area contributed by atoms with Gasteiger partial charge in [-0.25, -0.2) is 26.7 Å². The van der Waals surface area contributed by atoms with Crippen molar-refractivity contribution in [3.63, 3.8) is 0 Å². The largest absolute Gasteiger partial charge is 0.465 e. The number of hydrogen-bond acceptors (Lipinski definition) is 4. The van der Waals surface area contributed by atoms with Crippen LogP contribution in [0.1, 0.15) is 0 Å². The third-order valence-corrected chi connectivity index (χ3v) is 3.94. The van der Waals surface area contributed by atoms with Crippen LogP contribution in [0.5, 0.6) is 0 Å². The molecule has 1 rings (SSSR count). The van der Waals surface area contributed by atoms with Crippen LogP contribution in [0.15, 0.2) is 0 Å². The topological polar surface area (TPSA) is 107 Å². The smallest absolute Gasteiger partial charge is 0.404 e. The standard InChI is InChI=1S/C6H10ClN3O5S/c7-9-2-3-10(6(9)13)16(14,15)4-1-8-5(11)12/h8H,1-4H2,(H,11,12). The van der Waals surface area contributed by atoms with Gasteiger partial charge in [0.2, 0.25) is 10.0 Å². The highest BCUT2D eigenvalue weighted by molar-refractivity contribution is 7.89. The predicted molar refractivity (Wildman–Crippen MR) is 54.5 cm³/mol. The van der Waals surface area contributed by atoms with E-state index in [1.54, 1.807) is 0 Å². The molecule has 2 N–H and O–H groups in total. The van der Waals surface area contributed by atoms with Crippen LogP contribution in [0.4, 0.5) is 9.59 Å².